The lowest BCUT2D eigenvalue weighted by Crippen LogP contribution is -2.24. The summed E-state index contributed by atoms with van der Waals surface area (Å²) in [7, 11) is -3.34. The van der Waals surface area contributed by atoms with Crippen LogP contribution in [0.2, 0.25) is 0 Å². The third kappa shape index (κ3) is 3.08. The van der Waals surface area contributed by atoms with Crippen molar-refractivity contribution in [1.82, 2.24) is 0 Å². The first-order valence-electron chi connectivity index (χ1n) is 3.93. The topological polar surface area (TPSA) is 69.4 Å². The van der Waals surface area contributed by atoms with E-state index >= 15 is 0 Å². The molecule has 1 aliphatic rings. The van der Waals surface area contributed by atoms with Crippen LogP contribution in [0.15, 0.2) is 0 Å². The fourth-order valence-corrected chi connectivity index (χ4v) is 2.46. The maximum Gasteiger partial charge on any atom is 0.209 e. The van der Waals surface area contributed by atoms with Gasteiger partial charge < -0.3 is 4.74 Å². The van der Waals surface area contributed by atoms with Gasteiger partial charge in [-0.2, -0.15) is 0 Å². The smallest absolute Gasteiger partial charge is 0.209 e. The van der Waals surface area contributed by atoms with E-state index in [1.54, 1.807) is 0 Å². The van der Waals surface area contributed by atoms with Crippen molar-refractivity contribution in [2.45, 2.75) is 25.9 Å². The molecule has 2 N–H and O–H groups in total. The normalized spacial score (nSPS) is 29.1. The van der Waals surface area contributed by atoms with Crippen molar-refractivity contribution in [2.75, 3.05) is 12.4 Å². The zero-order chi connectivity index (χ0) is 9.41. The first-order valence-corrected chi connectivity index (χ1v) is 5.64. The van der Waals surface area contributed by atoms with Gasteiger partial charge in [0.2, 0.25) is 10.0 Å². The predicted octanol–water partition coefficient (Wildman–Crippen LogP) is 0.0900. The molecule has 1 atom stereocenters. The SMILES string of the molecule is CC1(C)CC(CS(N)(=O)=O)CO1. The predicted molar refractivity (Wildman–Crippen MR) is 46.1 cm³/mol. The first-order chi connectivity index (χ1) is 5.29. The van der Waals surface area contributed by atoms with Crippen LogP contribution in [-0.4, -0.2) is 26.4 Å². The molecular formula is C7H15NO3S. The zero-order valence-electron chi connectivity index (χ0n) is 7.41. The summed E-state index contributed by atoms with van der Waals surface area (Å²) >= 11 is 0. The van der Waals surface area contributed by atoms with Gasteiger partial charge in [0.05, 0.1) is 18.0 Å². The van der Waals surface area contributed by atoms with Crippen LogP contribution in [0.4, 0.5) is 0 Å². The summed E-state index contributed by atoms with van der Waals surface area (Å²) in [5.41, 5.74) is -0.185. The van der Waals surface area contributed by atoms with Gasteiger partial charge in [-0.25, -0.2) is 13.6 Å². The van der Waals surface area contributed by atoms with Crippen molar-refractivity contribution in [3.8, 4) is 0 Å². The van der Waals surface area contributed by atoms with Gasteiger partial charge in [-0.1, -0.05) is 0 Å². The summed E-state index contributed by atoms with van der Waals surface area (Å²) in [5, 5.41) is 4.92. The molecule has 0 bridgehead atoms. The third-order valence-corrected chi connectivity index (χ3v) is 2.89. The Bertz CT molecular complexity index is 258. The van der Waals surface area contributed by atoms with Crippen molar-refractivity contribution < 1.29 is 13.2 Å². The van der Waals surface area contributed by atoms with Crippen LogP contribution < -0.4 is 5.14 Å². The van der Waals surface area contributed by atoms with Crippen LogP contribution in [0, 0.1) is 5.92 Å². The molecule has 12 heavy (non-hydrogen) atoms. The Hall–Kier alpha value is -0.130. The second-order valence-corrected chi connectivity index (χ2v) is 5.63. The van der Waals surface area contributed by atoms with Crippen LogP contribution in [-0.2, 0) is 14.8 Å². The van der Waals surface area contributed by atoms with Gasteiger partial charge in [0.25, 0.3) is 0 Å². The lowest BCUT2D eigenvalue weighted by Gasteiger charge is -2.15. The van der Waals surface area contributed by atoms with Crippen LogP contribution in [0.1, 0.15) is 20.3 Å². The molecule has 4 nitrogen and oxygen atoms in total. The van der Waals surface area contributed by atoms with Crippen molar-refractivity contribution in [2.24, 2.45) is 11.1 Å². The molecule has 72 valence electrons. The number of nitrogens with two attached hydrogens (primary N) is 1. The number of primary sulfonamides is 1. The number of ether oxygens (including phenoxy) is 1. The quantitative estimate of drug-likeness (QED) is 0.675. The standard InChI is InChI=1S/C7H15NO3S/c1-7(2)3-6(4-11-7)5-12(8,9)10/h6H,3-5H2,1-2H3,(H2,8,9,10). The molecule has 1 fully saturated rings. The highest BCUT2D eigenvalue weighted by Crippen LogP contribution is 2.29. The van der Waals surface area contributed by atoms with E-state index in [1.807, 2.05) is 13.8 Å². The van der Waals surface area contributed by atoms with Crippen molar-refractivity contribution >= 4 is 10.0 Å². The number of sulfonamides is 1. The van der Waals surface area contributed by atoms with E-state index in [0.717, 1.165) is 6.42 Å². The van der Waals surface area contributed by atoms with Gasteiger partial charge in [-0.15, -0.1) is 0 Å². The second kappa shape index (κ2) is 2.97. The Morgan fingerprint density at radius 3 is 2.50 bits per heavy atom. The molecule has 1 saturated heterocycles. The first kappa shape index (κ1) is 9.95. The Balaban J connectivity index is 2.49. The van der Waals surface area contributed by atoms with Gasteiger partial charge in [0, 0.05) is 5.92 Å². The molecule has 0 saturated carbocycles. The van der Waals surface area contributed by atoms with Gasteiger partial charge in [0.15, 0.2) is 0 Å². The molecule has 5 heteroatoms. The summed E-state index contributed by atoms with van der Waals surface area (Å²) in [6.07, 6.45) is 0.767. The van der Waals surface area contributed by atoms with Gasteiger partial charge in [-0.05, 0) is 20.3 Å². The average Bonchev–Trinajstić information content (AvgIpc) is 2.05. The number of hydrogen-bond donors (Lipinski definition) is 1. The molecule has 0 aromatic carbocycles. The van der Waals surface area contributed by atoms with Crippen LogP contribution >= 0.6 is 0 Å². The molecule has 0 aliphatic carbocycles. The highest BCUT2D eigenvalue weighted by Gasteiger charge is 2.33. The van der Waals surface area contributed by atoms with Gasteiger partial charge in [-0.3, -0.25) is 0 Å². The minimum absolute atomic E-state index is 0.0381. The summed E-state index contributed by atoms with van der Waals surface area (Å²) in [6.45, 7) is 4.41. The highest BCUT2D eigenvalue weighted by molar-refractivity contribution is 7.89. The Morgan fingerprint density at radius 1 is 1.58 bits per heavy atom. The molecule has 0 aromatic rings. The molecule has 0 spiro atoms. The molecule has 1 unspecified atom stereocenters. The second-order valence-electron chi connectivity index (χ2n) is 3.97. The van der Waals surface area contributed by atoms with Crippen LogP contribution in [0.25, 0.3) is 0 Å². The van der Waals surface area contributed by atoms with Crippen LogP contribution in [0.5, 0.6) is 0 Å². The van der Waals surface area contributed by atoms with E-state index in [2.05, 4.69) is 0 Å². The fourth-order valence-electron chi connectivity index (χ4n) is 1.59. The van der Waals surface area contributed by atoms with Gasteiger partial charge in [0.1, 0.15) is 0 Å². The molecule has 1 aliphatic heterocycles. The van der Waals surface area contributed by atoms with Crippen molar-refractivity contribution in [3.05, 3.63) is 0 Å². The molecule has 1 heterocycles. The zero-order valence-corrected chi connectivity index (χ0v) is 8.23. The lowest BCUT2D eigenvalue weighted by molar-refractivity contribution is 0.0353. The maximum atomic E-state index is 10.7. The maximum absolute atomic E-state index is 10.7. The molecule has 1 rings (SSSR count). The minimum atomic E-state index is -3.34. The Morgan fingerprint density at radius 2 is 2.17 bits per heavy atom. The average molecular weight is 193 g/mol. The molecule has 0 aromatic heterocycles. The van der Waals surface area contributed by atoms with Crippen molar-refractivity contribution in [1.29, 1.82) is 0 Å². The third-order valence-electron chi connectivity index (χ3n) is 1.96. The monoisotopic (exact) mass is 193 g/mol. The lowest BCUT2D eigenvalue weighted by atomic mass is 10.00. The number of rotatable bonds is 2. The van der Waals surface area contributed by atoms with E-state index in [4.69, 9.17) is 9.88 Å². The highest BCUT2D eigenvalue weighted by atomic mass is 32.2. The minimum Gasteiger partial charge on any atom is -0.375 e. The summed E-state index contributed by atoms with van der Waals surface area (Å²) in [5.74, 6) is 0.103. The molecule has 0 radical (unpaired) electrons. The Labute approximate surface area is 73.1 Å². The van der Waals surface area contributed by atoms with Gasteiger partial charge >= 0.3 is 0 Å². The fraction of sp³-hybridized carbons (Fsp3) is 1.00. The van der Waals surface area contributed by atoms with E-state index in [9.17, 15) is 8.42 Å². The summed E-state index contributed by atoms with van der Waals surface area (Å²) in [4.78, 5) is 0. The van der Waals surface area contributed by atoms with E-state index in [0.29, 0.717) is 6.61 Å². The Kier molecular flexibility index (Phi) is 2.47. The molecular weight excluding hydrogens is 178 g/mol. The van der Waals surface area contributed by atoms with Crippen LogP contribution in [0.3, 0.4) is 0 Å². The van der Waals surface area contributed by atoms with E-state index < -0.39 is 10.0 Å². The van der Waals surface area contributed by atoms with Crippen molar-refractivity contribution in [3.63, 3.8) is 0 Å². The van der Waals surface area contributed by atoms with E-state index in [1.165, 1.54) is 0 Å². The summed E-state index contributed by atoms with van der Waals surface area (Å²) in [6, 6.07) is 0. The largest absolute Gasteiger partial charge is 0.375 e. The molecule has 0 amide bonds. The van der Waals surface area contributed by atoms with E-state index in [-0.39, 0.29) is 17.3 Å². The number of hydrogen-bond acceptors (Lipinski definition) is 3. The summed E-state index contributed by atoms with van der Waals surface area (Å²) < 4.78 is 26.8.